The Kier molecular flexibility index (Phi) is 6.58. The second-order valence-electron chi connectivity index (χ2n) is 7.43. The lowest BCUT2D eigenvalue weighted by Gasteiger charge is -2.28. The molecular weight excluding hydrogens is 362 g/mol. The normalized spacial score (nSPS) is 22.2. The Morgan fingerprint density at radius 3 is 2.68 bits per heavy atom. The van der Waals surface area contributed by atoms with Crippen LogP contribution in [-0.2, 0) is 16.1 Å². The lowest BCUT2D eigenvalue weighted by atomic mass is 10.0. The second-order valence-corrected chi connectivity index (χ2v) is 7.43. The second kappa shape index (κ2) is 9.11. The molecule has 28 heavy (non-hydrogen) atoms. The monoisotopic (exact) mass is 389 g/mol. The average molecular weight is 389 g/mol. The van der Waals surface area contributed by atoms with Crippen LogP contribution >= 0.6 is 0 Å². The molecule has 2 N–H and O–H groups in total. The van der Waals surface area contributed by atoms with E-state index in [1.807, 2.05) is 24.3 Å². The predicted molar refractivity (Wildman–Crippen MR) is 103 cm³/mol. The third-order valence-electron chi connectivity index (χ3n) is 5.36. The van der Waals surface area contributed by atoms with Gasteiger partial charge in [0.1, 0.15) is 5.52 Å². The summed E-state index contributed by atoms with van der Waals surface area (Å²) < 4.78 is 1.78. The summed E-state index contributed by atoms with van der Waals surface area (Å²) in [4.78, 5) is 25.0. The summed E-state index contributed by atoms with van der Waals surface area (Å²) in [5, 5.41) is 25.9. The first-order valence-electron chi connectivity index (χ1n) is 9.63. The molecule has 0 aliphatic carbocycles. The van der Waals surface area contributed by atoms with E-state index >= 15 is 0 Å². The molecule has 2 saturated heterocycles. The largest absolute Gasteiger partial charge is 0.483 e. The third-order valence-corrected chi connectivity index (χ3v) is 5.36. The average Bonchev–Trinajstić information content (AvgIpc) is 3.41. The molecule has 3 heterocycles. The fourth-order valence-electron chi connectivity index (χ4n) is 4.00. The first-order chi connectivity index (χ1) is 13.5. The molecule has 0 bridgehead atoms. The van der Waals surface area contributed by atoms with Crippen LogP contribution in [0.2, 0.25) is 0 Å². The maximum absolute atomic E-state index is 12.5. The zero-order valence-electron chi connectivity index (χ0n) is 15.9. The number of para-hydroxylation sites is 1. The molecule has 0 saturated carbocycles. The summed E-state index contributed by atoms with van der Waals surface area (Å²) in [6.07, 6.45) is 3.48. The Bertz CT molecular complexity index is 804. The van der Waals surface area contributed by atoms with Gasteiger partial charge < -0.3 is 20.0 Å². The molecule has 2 aromatic rings. The molecule has 152 valence electrons. The van der Waals surface area contributed by atoms with E-state index in [1.54, 1.807) is 9.58 Å². The summed E-state index contributed by atoms with van der Waals surface area (Å²) in [5.74, 6) is 0.0805. The van der Waals surface area contributed by atoms with Crippen LogP contribution in [0.15, 0.2) is 24.3 Å². The van der Waals surface area contributed by atoms with Gasteiger partial charge in [-0.05, 0) is 44.5 Å². The molecule has 9 heteroatoms. The number of carboxylic acid groups (broad SMARTS) is 1. The van der Waals surface area contributed by atoms with Gasteiger partial charge in [0.15, 0.2) is 0 Å². The van der Waals surface area contributed by atoms with Gasteiger partial charge in [0, 0.05) is 19.5 Å². The molecule has 2 fully saturated rings. The molecule has 1 amide bonds. The smallest absolute Gasteiger partial charge is 0.290 e. The van der Waals surface area contributed by atoms with Crippen molar-refractivity contribution in [1.29, 1.82) is 0 Å². The number of aliphatic hydroxyl groups is 1. The number of β-amino-alcohol motifs (C(OH)–C–C–N with tert-alkyl or cyclic N) is 1. The minimum atomic E-state index is -0.750. The number of hydrogen-bond acceptors (Lipinski definition) is 6. The number of aryl methyl sites for hydroxylation is 1. The first kappa shape index (κ1) is 20.2. The van der Waals surface area contributed by atoms with Crippen LogP contribution in [0.25, 0.3) is 11.0 Å². The topological polar surface area (TPSA) is 112 Å². The van der Waals surface area contributed by atoms with E-state index in [1.165, 1.54) is 12.8 Å². The number of benzene rings is 1. The zero-order valence-corrected chi connectivity index (χ0v) is 15.9. The van der Waals surface area contributed by atoms with Crippen molar-refractivity contribution in [1.82, 2.24) is 24.8 Å². The highest BCUT2D eigenvalue weighted by Gasteiger charge is 2.39. The number of nitrogens with zero attached hydrogens (tertiary/aromatic N) is 5. The van der Waals surface area contributed by atoms with Crippen molar-refractivity contribution in [3.05, 3.63) is 24.3 Å². The van der Waals surface area contributed by atoms with Crippen LogP contribution < -0.4 is 0 Å². The summed E-state index contributed by atoms with van der Waals surface area (Å²) in [6, 6.07) is 7.75. The summed E-state index contributed by atoms with van der Waals surface area (Å²) >= 11 is 0. The van der Waals surface area contributed by atoms with E-state index in [4.69, 9.17) is 9.90 Å². The zero-order chi connectivity index (χ0) is 20.0. The minimum Gasteiger partial charge on any atom is -0.483 e. The molecule has 0 spiro atoms. The first-order valence-corrected chi connectivity index (χ1v) is 9.63. The summed E-state index contributed by atoms with van der Waals surface area (Å²) in [6.45, 7) is 4.16. The molecule has 1 aromatic carbocycles. The number of carbonyl (C=O) groups excluding carboxylic acids is 1. The maximum Gasteiger partial charge on any atom is 0.290 e. The van der Waals surface area contributed by atoms with E-state index in [2.05, 4.69) is 15.2 Å². The quantitative estimate of drug-likeness (QED) is 0.720. The van der Waals surface area contributed by atoms with Gasteiger partial charge in [-0.2, -0.15) is 0 Å². The molecular formula is C19H27N5O4. The molecule has 4 rings (SSSR count). The molecule has 0 radical (unpaired) electrons. The number of amides is 1. The maximum atomic E-state index is 12.5. The van der Waals surface area contributed by atoms with Gasteiger partial charge in [0.25, 0.3) is 6.47 Å². The van der Waals surface area contributed by atoms with Gasteiger partial charge in [0.2, 0.25) is 5.91 Å². The van der Waals surface area contributed by atoms with Crippen LogP contribution in [0.5, 0.6) is 0 Å². The fraction of sp³-hybridized carbons (Fsp3) is 0.579. The molecule has 2 aliphatic rings. The molecule has 1 unspecified atom stereocenters. The van der Waals surface area contributed by atoms with Gasteiger partial charge in [-0.15, -0.1) is 5.10 Å². The lowest BCUT2D eigenvalue weighted by Crippen LogP contribution is -2.45. The number of rotatable bonds is 5. The SMILES string of the molecule is O=C(CCn1nnc2ccccc21)N1CCC(O)(CN2CCCC2)C1.O=CO. The van der Waals surface area contributed by atoms with Crippen LogP contribution in [-0.4, -0.2) is 85.7 Å². The third kappa shape index (κ3) is 4.85. The number of carbonyl (C=O) groups is 2. The number of fused-ring (bicyclic) bond motifs is 1. The highest BCUT2D eigenvalue weighted by Crippen LogP contribution is 2.25. The van der Waals surface area contributed by atoms with E-state index in [9.17, 15) is 9.90 Å². The van der Waals surface area contributed by atoms with Crippen LogP contribution in [0, 0.1) is 0 Å². The highest BCUT2D eigenvalue weighted by atomic mass is 16.3. The molecule has 2 aliphatic heterocycles. The molecule has 1 atom stereocenters. The predicted octanol–water partition coefficient (Wildman–Crippen LogP) is 0.581. The van der Waals surface area contributed by atoms with Gasteiger partial charge in [-0.25, -0.2) is 4.68 Å². The fourth-order valence-corrected chi connectivity index (χ4v) is 4.00. The van der Waals surface area contributed by atoms with Gasteiger partial charge in [0.05, 0.1) is 24.2 Å². The van der Waals surface area contributed by atoms with Crippen LogP contribution in [0.4, 0.5) is 0 Å². The van der Waals surface area contributed by atoms with E-state index in [-0.39, 0.29) is 12.4 Å². The minimum absolute atomic E-state index is 0.0805. The highest BCUT2D eigenvalue weighted by molar-refractivity contribution is 5.77. The Morgan fingerprint density at radius 2 is 1.93 bits per heavy atom. The van der Waals surface area contributed by atoms with Gasteiger partial charge >= 0.3 is 0 Å². The van der Waals surface area contributed by atoms with Crippen molar-refractivity contribution >= 4 is 23.4 Å². The number of aromatic nitrogens is 3. The van der Waals surface area contributed by atoms with Crippen molar-refractivity contribution in [2.24, 2.45) is 0 Å². The summed E-state index contributed by atoms with van der Waals surface area (Å²) in [5.41, 5.74) is 1.04. The Hall–Kier alpha value is -2.52. The lowest BCUT2D eigenvalue weighted by molar-refractivity contribution is -0.131. The van der Waals surface area contributed by atoms with Crippen molar-refractivity contribution in [2.45, 2.75) is 37.8 Å². The van der Waals surface area contributed by atoms with Crippen molar-refractivity contribution in [3.8, 4) is 0 Å². The Morgan fingerprint density at radius 1 is 1.21 bits per heavy atom. The molecule has 1 aromatic heterocycles. The standard InChI is InChI=1S/C18H25N5O2.CH2O2/c24-17(7-11-23-16-6-2-1-5-15(16)19-20-23)22-12-8-18(25,14-22)13-21-9-3-4-10-21;2-1-3/h1-2,5-6,25H,3-4,7-14H2;1H,(H,2,3). The van der Waals surface area contributed by atoms with E-state index in [0.29, 0.717) is 39.0 Å². The molecule has 9 nitrogen and oxygen atoms in total. The Labute approximate surface area is 163 Å². The van der Waals surface area contributed by atoms with E-state index < -0.39 is 5.60 Å². The van der Waals surface area contributed by atoms with Gasteiger partial charge in [-0.1, -0.05) is 17.3 Å². The number of hydrogen-bond donors (Lipinski definition) is 2. The van der Waals surface area contributed by atoms with E-state index in [0.717, 1.165) is 24.1 Å². The van der Waals surface area contributed by atoms with Crippen molar-refractivity contribution < 1.29 is 19.8 Å². The summed E-state index contributed by atoms with van der Waals surface area (Å²) in [7, 11) is 0. The number of likely N-dealkylation sites (tertiary alicyclic amines) is 2. The Balaban J connectivity index is 0.000000706. The van der Waals surface area contributed by atoms with Crippen molar-refractivity contribution in [3.63, 3.8) is 0 Å². The van der Waals surface area contributed by atoms with Crippen LogP contribution in [0.1, 0.15) is 25.7 Å². The van der Waals surface area contributed by atoms with Crippen molar-refractivity contribution in [2.75, 3.05) is 32.7 Å². The van der Waals surface area contributed by atoms with Gasteiger partial charge in [-0.3, -0.25) is 9.59 Å². The van der Waals surface area contributed by atoms with Crippen LogP contribution in [0.3, 0.4) is 0 Å².